The Bertz CT molecular complexity index is 417. The van der Waals surface area contributed by atoms with Crippen molar-refractivity contribution in [2.45, 2.75) is 51.7 Å². The summed E-state index contributed by atoms with van der Waals surface area (Å²) >= 11 is 0. The second-order valence-corrected chi connectivity index (χ2v) is 6.12. The first-order valence-electron chi connectivity index (χ1n) is 7.30. The minimum atomic E-state index is 0.614. The lowest BCUT2D eigenvalue weighted by molar-refractivity contribution is 0.166. The molecule has 2 heteroatoms. The Hall–Kier alpha value is -0.860. The SMILES string of the molecule is CC1CN(Cc2ccc3c(c2)CCC3)CC(C)N1. The number of benzene rings is 1. The van der Waals surface area contributed by atoms with Gasteiger partial charge in [-0.2, -0.15) is 0 Å². The molecule has 3 rings (SSSR count). The molecule has 2 unspecified atom stereocenters. The van der Waals surface area contributed by atoms with Gasteiger partial charge in [-0.3, -0.25) is 4.90 Å². The number of rotatable bonds is 2. The molecule has 1 heterocycles. The highest BCUT2D eigenvalue weighted by atomic mass is 15.2. The maximum Gasteiger partial charge on any atom is 0.0235 e. The van der Waals surface area contributed by atoms with Crippen LogP contribution in [-0.2, 0) is 19.4 Å². The third kappa shape index (κ3) is 2.60. The fourth-order valence-electron chi connectivity index (χ4n) is 3.55. The number of fused-ring (bicyclic) bond motifs is 1. The van der Waals surface area contributed by atoms with Crippen LogP contribution >= 0.6 is 0 Å². The second kappa shape index (κ2) is 5.02. The van der Waals surface area contributed by atoms with Gasteiger partial charge in [-0.15, -0.1) is 0 Å². The first-order chi connectivity index (χ1) is 8.70. The largest absolute Gasteiger partial charge is 0.309 e. The molecule has 0 spiro atoms. The number of aryl methyl sites for hydroxylation is 2. The van der Waals surface area contributed by atoms with Gasteiger partial charge in [0.2, 0.25) is 0 Å². The van der Waals surface area contributed by atoms with E-state index in [9.17, 15) is 0 Å². The summed E-state index contributed by atoms with van der Waals surface area (Å²) in [5.41, 5.74) is 4.68. The average Bonchev–Trinajstić information content (AvgIpc) is 2.74. The zero-order valence-corrected chi connectivity index (χ0v) is 11.6. The van der Waals surface area contributed by atoms with Gasteiger partial charge in [0.15, 0.2) is 0 Å². The molecule has 0 saturated carbocycles. The van der Waals surface area contributed by atoms with Gasteiger partial charge in [0.05, 0.1) is 0 Å². The zero-order valence-electron chi connectivity index (χ0n) is 11.6. The summed E-state index contributed by atoms with van der Waals surface area (Å²) in [6.07, 6.45) is 3.93. The normalized spacial score (nSPS) is 28.3. The number of piperazine rings is 1. The molecule has 1 fully saturated rings. The molecule has 2 atom stereocenters. The van der Waals surface area contributed by atoms with Crippen LogP contribution in [0.4, 0.5) is 0 Å². The molecule has 18 heavy (non-hydrogen) atoms. The van der Waals surface area contributed by atoms with Gasteiger partial charge >= 0.3 is 0 Å². The van der Waals surface area contributed by atoms with Gasteiger partial charge in [0, 0.05) is 31.7 Å². The van der Waals surface area contributed by atoms with E-state index in [4.69, 9.17) is 0 Å². The van der Waals surface area contributed by atoms with Crippen LogP contribution in [0.5, 0.6) is 0 Å². The van der Waals surface area contributed by atoms with Crippen LogP contribution in [0.15, 0.2) is 18.2 Å². The molecule has 1 aromatic rings. The molecular weight excluding hydrogens is 220 g/mol. The quantitative estimate of drug-likeness (QED) is 0.859. The zero-order chi connectivity index (χ0) is 12.5. The first kappa shape index (κ1) is 12.2. The van der Waals surface area contributed by atoms with Crippen molar-refractivity contribution >= 4 is 0 Å². The van der Waals surface area contributed by atoms with E-state index in [1.165, 1.54) is 37.9 Å². The van der Waals surface area contributed by atoms with E-state index >= 15 is 0 Å². The van der Waals surface area contributed by atoms with E-state index < -0.39 is 0 Å². The summed E-state index contributed by atoms with van der Waals surface area (Å²) in [5, 5.41) is 3.59. The molecule has 1 saturated heterocycles. The maximum absolute atomic E-state index is 3.59. The third-order valence-electron chi connectivity index (χ3n) is 4.20. The highest BCUT2D eigenvalue weighted by Gasteiger charge is 2.21. The molecule has 1 aliphatic carbocycles. The summed E-state index contributed by atoms with van der Waals surface area (Å²) in [5.74, 6) is 0. The smallest absolute Gasteiger partial charge is 0.0235 e. The monoisotopic (exact) mass is 244 g/mol. The molecular formula is C16H24N2. The predicted octanol–water partition coefficient (Wildman–Crippen LogP) is 2.36. The summed E-state index contributed by atoms with van der Waals surface area (Å²) in [6.45, 7) is 8.02. The lowest BCUT2D eigenvalue weighted by Crippen LogP contribution is -2.53. The van der Waals surface area contributed by atoms with Gasteiger partial charge in [-0.25, -0.2) is 0 Å². The van der Waals surface area contributed by atoms with Gasteiger partial charge < -0.3 is 5.32 Å². The van der Waals surface area contributed by atoms with Gasteiger partial charge in [0.1, 0.15) is 0 Å². The van der Waals surface area contributed by atoms with Crippen LogP contribution in [0.2, 0.25) is 0 Å². The van der Waals surface area contributed by atoms with E-state index in [2.05, 4.69) is 42.3 Å². The molecule has 1 aliphatic heterocycles. The molecule has 1 aromatic carbocycles. The maximum atomic E-state index is 3.59. The van der Waals surface area contributed by atoms with E-state index in [-0.39, 0.29) is 0 Å². The van der Waals surface area contributed by atoms with Crippen LogP contribution in [0, 0.1) is 0 Å². The molecule has 2 nitrogen and oxygen atoms in total. The molecule has 1 N–H and O–H groups in total. The van der Waals surface area contributed by atoms with E-state index in [0.29, 0.717) is 12.1 Å². The molecule has 0 amide bonds. The molecule has 0 aromatic heterocycles. The minimum absolute atomic E-state index is 0.614. The number of nitrogens with one attached hydrogen (secondary N) is 1. The minimum Gasteiger partial charge on any atom is -0.309 e. The van der Waals surface area contributed by atoms with Crippen LogP contribution in [0.25, 0.3) is 0 Å². The van der Waals surface area contributed by atoms with Crippen molar-refractivity contribution in [3.05, 3.63) is 34.9 Å². The van der Waals surface area contributed by atoms with Crippen molar-refractivity contribution in [3.63, 3.8) is 0 Å². The fraction of sp³-hybridized carbons (Fsp3) is 0.625. The van der Waals surface area contributed by atoms with Gasteiger partial charge in [0.25, 0.3) is 0 Å². The van der Waals surface area contributed by atoms with Crippen molar-refractivity contribution in [1.29, 1.82) is 0 Å². The Morgan fingerprint density at radius 1 is 1.11 bits per heavy atom. The van der Waals surface area contributed by atoms with E-state index in [1.54, 1.807) is 11.1 Å². The summed E-state index contributed by atoms with van der Waals surface area (Å²) < 4.78 is 0. The van der Waals surface area contributed by atoms with Crippen LogP contribution < -0.4 is 5.32 Å². The Morgan fingerprint density at radius 3 is 2.61 bits per heavy atom. The highest BCUT2D eigenvalue weighted by Crippen LogP contribution is 2.23. The Morgan fingerprint density at radius 2 is 1.83 bits per heavy atom. The Balaban J connectivity index is 1.69. The number of nitrogens with zero attached hydrogens (tertiary/aromatic N) is 1. The topological polar surface area (TPSA) is 15.3 Å². The fourth-order valence-corrected chi connectivity index (χ4v) is 3.55. The van der Waals surface area contributed by atoms with Crippen molar-refractivity contribution in [2.24, 2.45) is 0 Å². The van der Waals surface area contributed by atoms with Crippen LogP contribution in [0.1, 0.15) is 37.0 Å². The number of hydrogen-bond donors (Lipinski definition) is 1. The third-order valence-corrected chi connectivity index (χ3v) is 4.20. The first-order valence-corrected chi connectivity index (χ1v) is 7.30. The van der Waals surface area contributed by atoms with Crippen LogP contribution in [-0.4, -0.2) is 30.1 Å². The molecule has 0 bridgehead atoms. The Kier molecular flexibility index (Phi) is 3.40. The van der Waals surface area contributed by atoms with E-state index in [1.807, 2.05) is 0 Å². The summed E-state index contributed by atoms with van der Waals surface area (Å²) in [4.78, 5) is 2.59. The van der Waals surface area contributed by atoms with Crippen molar-refractivity contribution in [2.75, 3.05) is 13.1 Å². The highest BCUT2D eigenvalue weighted by molar-refractivity contribution is 5.35. The molecule has 2 aliphatic rings. The number of hydrogen-bond acceptors (Lipinski definition) is 2. The lowest BCUT2D eigenvalue weighted by atomic mass is 10.0. The lowest BCUT2D eigenvalue weighted by Gasteiger charge is -2.36. The van der Waals surface area contributed by atoms with Crippen molar-refractivity contribution in [3.8, 4) is 0 Å². The van der Waals surface area contributed by atoms with Crippen LogP contribution in [0.3, 0.4) is 0 Å². The second-order valence-electron chi connectivity index (χ2n) is 6.12. The molecule has 0 radical (unpaired) electrons. The standard InChI is InChI=1S/C16H24N2/c1-12-9-18(10-13(2)17-12)11-14-6-7-15-4-3-5-16(15)8-14/h6-8,12-13,17H,3-5,9-11H2,1-2H3. The molecule has 98 valence electrons. The Labute approximate surface area is 110 Å². The summed E-state index contributed by atoms with van der Waals surface area (Å²) in [6, 6.07) is 8.36. The van der Waals surface area contributed by atoms with Crippen molar-refractivity contribution in [1.82, 2.24) is 10.2 Å². The average molecular weight is 244 g/mol. The van der Waals surface area contributed by atoms with Crippen molar-refractivity contribution < 1.29 is 0 Å². The van der Waals surface area contributed by atoms with Gasteiger partial charge in [-0.1, -0.05) is 18.2 Å². The van der Waals surface area contributed by atoms with Gasteiger partial charge in [-0.05, 0) is 49.8 Å². The predicted molar refractivity (Wildman–Crippen MR) is 75.8 cm³/mol. The van der Waals surface area contributed by atoms with E-state index in [0.717, 1.165) is 6.54 Å². The summed E-state index contributed by atoms with van der Waals surface area (Å²) in [7, 11) is 0.